The van der Waals surface area contributed by atoms with E-state index in [1.54, 1.807) is 11.3 Å². The van der Waals surface area contributed by atoms with Crippen molar-refractivity contribution in [2.45, 2.75) is 51.9 Å². The van der Waals surface area contributed by atoms with Gasteiger partial charge in [0, 0.05) is 18.3 Å². The smallest absolute Gasteiger partial charge is 0.226 e. The third-order valence-corrected chi connectivity index (χ3v) is 3.85. The molecular formula is C14H25N3OS. The molecule has 1 rings (SSSR count). The van der Waals surface area contributed by atoms with Gasteiger partial charge in [0.05, 0.1) is 17.1 Å². The molecular weight excluding hydrogens is 258 g/mol. The SMILES string of the molecule is CCCCCCNC(=O)Cc1csc(CCCN)n1. The standard InChI is InChI=1S/C14H25N3OS/c1-2-3-4-5-9-16-13(18)10-12-11-19-14(17-12)7-6-8-15/h11H,2-10,15H2,1H3,(H,16,18). The highest BCUT2D eigenvalue weighted by Crippen LogP contribution is 2.12. The van der Waals surface area contributed by atoms with Crippen molar-refractivity contribution in [3.8, 4) is 0 Å². The Morgan fingerprint density at radius 1 is 1.37 bits per heavy atom. The maximum atomic E-state index is 11.7. The molecule has 0 atom stereocenters. The van der Waals surface area contributed by atoms with Crippen LogP contribution in [0.1, 0.15) is 49.7 Å². The van der Waals surface area contributed by atoms with Crippen LogP contribution in [0, 0.1) is 0 Å². The number of carbonyl (C=O) groups excluding carboxylic acids is 1. The van der Waals surface area contributed by atoms with E-state index in [0.29, 0.717) is 13.0 Å². The molecule has 0 unspecified atom stereocenters. The predicted molar refractivity (Wildman–Crippen MR) is 80.3 cm³/mol. The van der Waals surface area contributed by atoms with Crippen molar-refractivity contribution in [2.24, 2.45) is 5.73 Å². The predicted octanol–water partition coefficient (Wildman–Crippen LogP) is 2.27. The summed E-state index contributed by atoms with van der Waals surface area (Å²) in [5.74, 6) is 0.0761. The lowest BCUT2D eigenvalue weighted by molar-refractivity contribution is -0.120. The van der Waals surface area contributed by atoms with Crippen LogP contribution in [0.3, 0.4) is 0 Å². The van der Waals surface area contributed by atoms with E-state index >= 15 is 0 Å². The monoisotopic (exact) mass is 283 g/mol. The highest BCUT2D eigenvalue weighted by molar-refractivity contribution is 7.09. The Kier molecular flexibility index (Phi) is 8.41. The molecule has 0 fully saturated rings. The van der Waals surface area contributed by atoms with Crippen LogP contribution in [-0.4, -0.2) is 24.0 Å². The van der Waals surface area contributed by atoms with E-state index in [1.165, 1.54) is 19.3 Å². The lowest BCUT2D eigenvalue weighted by atomic mass is 10.2. The van der Waals surface area contributed by atoms with E-state index in [1.807, 2.05) is 5.38 Å². The maximum absolute atomic E-state index is 11.7. The second kappa shape index (κ2) is 9.92. The third kappa shape index (κ3) is 7.28. The van der Waals surface area contributed by atoms with E-state index in [4.69, 9.17) is 5.73 Å². The van der Waals surface area contributed by atoms with Crippen LogP contribution in [0.5, 0.6) is 0 Å². The minimum absolute atomic E-state index is 0.0761. The van der Waals surface area contributed by atoms with Gasteiger partial charge >= 0.3 is 0 Å². The number of unbranched alkanes of at least 4 members (excludes halogenated alkanes) is 3. The summed E-state index contributed by atoms with van der Waals surface area (Å²) in [5, 5.41) is 6.00. The van der Waals surface area contributed by atoms with E-state index in [0.717, 1.165) is 36.5 Å². The summed E-state index contributed by atoms with van der Waals surface area (Å²) >= 11 is 1.62. The normalized spacial score (nSPS) is 10.6. The van der Waals surface area contributed by atoms with Crippen LogP contribution in [0.4, 0.5) is 0 Å². The van der Waals surface area contributed by atoms with E-state index in [-0.39, 0.29) is 5.91 Å². The van der Waals surface area contributed by atoms with Crippen molar-refractivity contribution < 1.29 is 4.79 Å². The second-order valence-electron chi connectivity index (χ2n) is 4.71. The van der Waals surface area contributed by atoms with Crippen LogP contribution < -0.4 is 11.1 Å². The molecule has 0 aliphatic rings. The first-order valence-electron chi connectivity index (χ1n) is 7.16. The lowest BCUT2D eigenvalue weighted by Crippen LogP contribution is -2.26. The van der Waals surface area contributed by atoms with Crippen LogP contribution in [-0.2, 0) is 17.6 Å². The minimum atomic E-state index is 0.0761. The fraction of sp³-hybridized carbons (Fsp3) is 0.714. The van der Waals surface area contributed by atoms with E-state index in [9.17, 15) is 4.79 Å². The molecule has 108 valence electrons. The molecule has 0 saturated heterocycles. The van der Waals surface area contributed by atoms with Gasteiger partial charge in [-0.2, -0.15) is 0 Å². The number of amides is 1. The molecule has 0 saturated carbocycles. The van der Waals surface area contributed by atoms with Gasteiger partial charge in [-0.1, -0.05) is 26.2 Å². The van der Waals surface area contributed by atoms with Gasteiger partial charge in [-0.3, -0.25) is 4.79 Å². The first-order chi connectivity index (χ1) is 9.26. The Labute approximate surface area is 119 Å². The fourth-order valence-corrected chi connectivity index (χ4v) is 2.65. The average molecular weight is 283 g/mol. The first kappa shape index (κ1) is 16.1. The van der Waals surface area contributed by atoms with Gasteiger partial charge in [-0.25, -0.2) is 4.98 Å². The van der Waals surface area contributed by atoms with E-state index < -0.39 is 0 Å². The van der Waals surface area contributed by atoms with Crippen LogP contribution >= 0.6 is 11.3 Å². The molecule has 1 amide bonds. The molecule has 19 heavy (non-hydrogen) atoms. The number of nitrogens with zero attached hydrogens (tertiary/aromatic N) is 1. The van der Waals surface area contributed by atoms with Crippen LogP contribution in [0.2, 0.25) is 0 Å². The maximum Gasteiger partial charge on any atom is 0.226 e. The summed E-state index contributed by atoms with van der Waals surface area (Å²) in [4.78, 5) is 16.1. The summed E-state index contributed by atoms with van der Waals surface area (Å²) in [6.07, 6.45) is 6.99. The quantitative estimate of drug-likeness (QED) is 0.647. The molecule has 1 aromatic rings. The number of aromatic nitrogens is 1. The van der Waals surface area contributed by atoms with Gasteiger partial charge in [-0.15, -0.1) is 11.3 Å². The molecule has 1 heterocycles. The number of nitrogens with two attached hydrogens (primary N) is 1. The molecule has 4 nitrogen and oxygen atoms in total. The topological polar surface area (TPSA) is 68.0 Å². The van der Waals surface area contributed by atoms with Gasteiger partial charge in [0.15, 0.2) is 0 Å². The van der Waals surface area contributed by atoms with Gasteiger partial charge < -0.3 is 11.1 Å². The number of aryl methyl sites for hydroxylation is 1. The molecule has 0 bridgehead atoms. The van der Waals surface area contributed by atoms with Crippen molar-refractivity contribution >= 4 is 17.2 Å². The second-order valence-corrected chi connectivity index (χ2v) is 5.65. The number of thiazole rings is 1. The largest absolute Gasteiger partial charge is 0.356 e. The zero-order valence-electron chi connectivity index (χ0n) is 11.8. The summed E-state index contributed by atoms with van der Waals surface area (Å²) in [6, 6.07) is 0. The first-order valence-corrected chi connectivity index (χ1v) is 8.04. The Morgan fingerprint density at radius 3 is 2.95 bits per heavy atom. The summed E-state index contributed by atoms with van der Waals surface area (Å²) in [5.41, 5.74) is 6.34. The summed E-state index contributed by atoms with van der Waals surface area (Å²) in [6.45, 7) is 3.65. The zero-order chi connectivity index (χ0) is 13.9. The molecule has 0 radical (unpaired) electrons. The number of nitrogens with one attached hydrogen (secondary N) is 1. The number of rotatable bonds is 10. The number of hydrogen-bond acceptors (Lipinski definition) is 4. The molecule has 0 aliphatic heterocycles. The van der Waals surface area contributed by atoms with Gasteiger partial charge in [0.2, 0.25) is 5.91 Å². The molecule has 3 N–H and O–H groups in total. The van der Waals surface area contributed by atoms with Crippen molar-refractivity contribution in [2.75, 3.05) is 13.1 Å². The molecule has 0 spiro atoms. The van der Waals surface area contributed by atoms with Crippen molar-refractivity contribution in [1.82, 2.24) is 10.3 Å². The zero-order valence-corrected chi connectivity index (χ0v) is 12.6. The van der Waals surface area contributed by atoms with Crippen LogP contribution in [0.15, 0.2) is 5.38 Å². The Bertz CT molecular complexity index is 365. The average Bonchev–Trinajstić information content (AvgIpc) is 2.83. The third-order valence-electron chi connectivity index (χ3n) is 2.89. The minimum Gasteiger partial charge on any atom is -0.356 e. The van der Waals surface area contributed by atoms with E-state index in [2.05, 4.69) is 17.2 Å². The number of hydrogen-bond donors (Lipinski definition) is 2. The van der Waals surface area contributed by atoms with Crippen LogP contribution in [0.25, 0.3) is 0 Å². The molecule has 0 aromatic carbocycles. The number of carbonyl (C=O) groups is 1. The highest BCUT2D eigenvalue weighted by atomic mass is 32.1. The Hall–Kier alpha value is -0.940. The van der Waals surface area contributed by atoms with Crippen molar-refractivity contribution in [3.05, 3.63) is 16.1 Å². The Balaban J connectivity index is 2.18. The molecule has 0 aliphatic carbocycles. The Morgan fingerprint density at radius 2 is 2.21 bits per heavy atom. The van der Waals surface area contributed by atoms with Gasteiger partial charge in [-0.05, 0) is 19.4 Å². The summed E-state index contributed by atoms with van der Waals surface area (Å²) in [7, 11) is 0. The van der Waals surface area contributed by atoms with Gasteiger partial charge in [0.1, 0.15) is 0 Å². The highest BCUT2D eigenvalue weighted by Gasteiger charge is 2.07. The lowest BCUT2D eigenvalue weighted by Gasteiger charge is -2.03. The van der Waals surface area contributed by atoms with Crippen molar-refractivity contribution in [3.63, 3.8) is 0 Å². The summed E-state index contributed by atoms with van der Waals surface area (Å²) < 4.78 is 0. The fourth-order valence-electron chi connectivity index (χ4n) is 1.80. The van der Waals surface area contributed by atoms with Gasteiger partial charge in [0.25, 0.3) is 0 Å². The van der Waals surface area contributed by atoms with Crippen molar-refractivity contribution in [1.29, 1.82) is 0 Å². The molecule has 5 heteroatoms. The molecule has 1 aromatic heterocycles.